The lowest BCUT2D eigenvalue weighted by atomic mass is 10.1. The van der Waals surface area contributed by atoms with Crippen LogP contribution in [0.1, 0.15) is 38.8 Å². The second-order valence-electron chi connectivity index (χ2n) is 6.15. The largest absolute Gasteiger partial charge is 0.375 e. The number of nitrogens with one attached hydrogen (secondary N) is 1. The zero-order valence-corrected chi connectivity index (χ0v) is 14.1. The molecule has 0 unspecified atom stereocenters. The predicted molar refractivity (Wildman–Crippen MR) is 85.8 cm³/mol. The first-order chi connectivity index (χ1) is 10.5. The molecular formula is C16H28N4O2. The van der Waals surface area contributed by atoms with Crippen molar-refractivity contribution < 1.29 is 9.53 Å². The van der Waals surface area contributed by atoms with Crippen molar-refractivity contribution in [2.75, 3.05) is 26.2 Å². The van der Waals surface area contributed by atoms with Crippen molar-refractivity contribution in [3.63, 3.8) is 0 Å². The highest BCUT2D eigenvalue weighted by atomic mass is 16.5. The van der Waals surface area contributed by atoms with E-state index in [9.17, 15) is 4.79 Å². The molecule has 1 fully saturated rings. The molecule has 1 saturated heterocycles. The molecule has 1 aromatic rings. The van der Waals surface area contributed by atoms with Gasteiger partial charge in [0.1, 0.15) is 0 Å². The summed E-state index contributed by atoms with van der Waals surface area (Å²) in [5.41, 5.74) is 1.15. The van der Waals surface area contributed by atoms with Gasteiger partial charge in [-0.15, -0.1) is 0 Å². The van der Waals surface area contributed by atoms with E-state index in [4.69, 9.17) is 4.74 Å². The van der Waals surface area contributed by atoms with Crippen molar-refractivity contribution in [3.8, 4) is 0 Å². The van der Waals surface area contributed by atoms with Gasteiger partial charge in [0.25, 0.3) is 0 Å². The van der Waals surface area contributed by atoms with Gasteiger partial charge in [0.2, 0.25) is 5.91 Å². The molecule has 1 N–H and O–H groups in total. The van der Waals surface area contributed by atoms with E-state index < -0.39 is 0 Å². The maximum absolute atomic E-state index is 12.3. The average Bonchev–Trinajstić information content (AvgIpc) is 2.98. The van der Waals surface area contributed by atoms with Gasteiger partial charge in [-0.3, -0.25) is 9.48 Å². The summed E-state index contributed by atoms with van der Waals surface area (Å²) in [7, 11) is 0. The zero-order valence-electron chi connectivity index (χ0n) is 14.1. The van der Waals surface area contributed by atoms with E-state index in [1.807, 2.05) is 28.9 Å². The molecule has 1 aliphatic heterocycles. The fraction of sp³-hybridized carbons (Fsp3) is 0.750. The number of carbonyl (C=O) groups is 1. The monoisotopic (exact) mass is 308 g/mol. The van der Waals surface area contributed by atoms with Crippen LogP contribution < -0.4 is 5.32 Å². The molecule has 6 heteroatoms. The summed E-state index contributed by atoms with van der Waals surface area (Å²) >= 11 is 0. The minimum Gasteiger partial charge on any atom is -0.375 e. The average molecular weight is 308 g/mol. The molecule has 1 aliphatic rings. The maximum Gasteiger partial charge on any atom is 0.236 e. The first-order valence-corrected chi connectivity index (χ1v) is 8.14. The third-order valence-corrected chi connectivity index (χ3v) is 4.39. The molecule has 0 radical (unpaired) electrons. The first-order valence-electron chi connectivity index (χ1n) is 8.14. The Kier molecular flexibility index (Phi) is 5.97. The Morgan fingerprint density at radius 1 is 1.55 bits per heavy atom. The van der Waals surface area contributed by atoms with Crippen molar-refractivity contribution in [1.82, 2.24) is 20.0 Å². The third-order valence-electron chi connectivity index (χ3n) is 4.39. The number of ether oxygens (including phenoxy) is 1. The van der Waals surface area contributed by atoms with E-state index in [0.29, 0.717) is 26.2 Å². The Morgan fingerprint density at radius 3 is 2.95 bits per heavy atom. The number of nitrogens with zero attached hydrogens (tertiary/aromatic N) is 3. The molecule has 22 heavy (non-hydrogen) atoms. The van der Waals surface area contributed by atoms with E-state index in [-0.39, 0.29) is 24.1 Å². The summed E-state index contributed by atoms with van der Waals surface area (Å²) in [5, 5.41) is 7.67. The van der Waals surface area contributed by atoms with Gasteiger partial charge >= 0.3 is 0 Å². The minimum atomic E-state index is 0.150. The van der Waals surface area contributed by atoms with Crippen molar-refractivity contribution in [1.29, 1.82) is 0 Å². The van der Waals surface area contributed by atoms with Crippen molar-refractivity contribution in [2.45, 2.75) is 52.3 Å². The highest BCUT2D eigenvalue weighted by Crippen LogP contribution is 2.11. The highest BCUT2D eigenvalue weighted by molar-refractivity contribution is 5.78. The Balaban J connectivity index is 1.80. The van der Waals surface area contributed by atoms with Crippen LogP contribution in [-0.4, -0.2) is 59.0 Å². The van der Waals surface area contributed by atoms with Crippen LogP contribution in [-0.2, 0) is 9.53 Å². The molecule has 0 aliphatic carbocycles. The summed E-state index contributed by atoms with van der Waals surface area (Å²) in [6.45, 7) is 10.7. The lowest BCUT2D eigenvalue weighted by Crippen LogP contribution is -2.49. The van der Waals surface area contributed by atoms with E-state index in [1.54, 1.807) is 0 Å². The van der Waals surface area contributed by atoms with Crippen LogP contribution >= 0.6 is 0 Å². The quantitative estimate of drug-likeness (QED) is 0.862. The molecule has 0 aromatic carbocycles. The molecule has 2 rings (SSSR count). The summed E-state index contributed by atoms with van der Waals surface area (Å²) < 4.78 is 7.55. The Hall–Kier alpha value is -1.40. The molecule has 0 spiro atoms. The zero-order chi connectivity index (χ0) is 16.1. The lowest BCUT2D eigenvalue weighted by Gasteiger charge is -2.33. The Bertz CT molecular complexity index is 488. The second-order valence-corrected chi connectivity index (χ2v) is 6.15. The van der Waals surface area contributed by atoms with Crippen LogP contribution in [0, 0.1) is 6.92 Å². The van der Waals surface area contributed by atoms with Crippen molar-refractivity contribution >= 4 is 5.91 Å². The number of amides is 1. The Morgan fingerprint density at radius 2 is 2.32 bits per heavy atom. The smallest absolute Gasteiger partial charge is 0.236 e. The van der Waals surface area contributed by atoms with E-state index in [1.165, 1.54) is 0 Å². The highest BCUT2D eigenvalue weighted by Gasteiger charge is 2.23. The van der Waals surface area contributed by atoms with Gasteiger partial charge in [-0.05, 0) is 32.8 Å². The summed E-state index contributed by atoms with van der Waals surface area (Å²) in [6, 6.07) is 0.376. The molecule has 124 valence electrons. The molecule has 0 bridgehead atoms. The Labute approximate surface area is 132 Å². The lowest BCUT2D eigenvalue weighted by molar-refractivity contribution is -0.138. The van der Waals surface area contributed by atoms with Gasteiger partial charge in [0.15, 0.2) is 0 Å². The van der Waals surface area contributed by atoms with Gasteiger partial charge in [-0.1, -0.05) is 6.92 Å². The topological polar surface area (TPSA) is 59.4 Å². The van der Waals surface area contributed by atoms with Gasteiger partial charge in [0.05, 0.1) is 31.5 Å². The van der Waals surface area contributed by atoms with Crippen LogP contribution in [0.5, 0.6) is 0 Å². The third kappa shape index (κ3) is 4.30. The number of hydrogen-bond donors (Lipinski definition) is 1. The molecule has 3 atom stereocenters. The predicted octanol–water partition coefficient (Wildman–Crippen LogP) is 1.37. The number of aryl methyl sites for hydroxylation is 1. The minimum absolute atomic E-state index is 0.150. The fourth-order valence-electron chi connectivity index (χ4n) is 2.61. The number of hydrogen-bond acceptors (Lipinski definition) is 4. The number of carbonyl (C=O) groups excluding carboxylic acids is 1. The number of rotatable bonds is 6. The second kappa shape index (κ2) is 7.74. The van der Waals surface area contributed by atoms with Crippen molar-refractivity contribution in [3.05, 3.63) is 18.0 Å². The summed E-state index contributed by atoms with van der Waals surface area (Å²) in [5.74, 6) is 0.150. The summed E-state index contributed by atoms with van der Waals surface area (Å²) in [6.07, 6.45) is 5.01. The molecule has 6 nitrogen and oxygen atoms in total. The first kappa shape index (κ1) is 17.0. The van der Waals surface area contributed by atoms with Gasteiger partial charge in [-0.25, -0.2) is 0 Å². The van der Waals surface area contributed by atoms with E-state index in [2.05, 4.69) is 31.2 Å². The molecule has 2 heterocycles. The van der Waals surface area contributed by atoms with Gasteiger partial charge in [-0.2, -0.15) is 5.10 Å². The van der Waals surface area contributed by atoms with Crippen LogP contribution in [0.25, 0.3) is 0 Å². The number of aromatic nitrogens is 2. The fourth-order valence-corrected chi connectivity index (χ4v) is 2.61. The van der Waals surface area contributed by atoms with E-state index >= 15 is 0 Å². The maximum atomic E-state index is 12.3. The standard InChI is InChI=1S/C16H28N4O2/c1-5-15-11-19(6-7-22-15)16(21)9-17-13(3)14(4)20-10-12(2)8-18-20/h8,10,13-15,17H,5-7,9,11H2,1-4H3/t13-,14+,15-/m1/s1. The molecular weight excluding hydrogens is 280 g/mol. The summed E-state index contributed by atoms with van der Waals surface area (Å²) in [4.78, 5) is 14.2. The van der Waals surface area contributed by atoms with Crippen molar-refractivity contribution in [2.24, 2.45) is 0 Å². The van der Waals surface area contributed by atoms with E-state index in [0.717, 1.165) is 12.0 Å². The van der Waals surface area contributed by atoms with Crippen LogP contribution in [0.2, 0.25) is 0 Å². The SMILES string of the molecule is CC[C@@H]1CN(C(=O)CN[C@H](C)[C@H](C)n2cc(C)cn2)CCO1. The van der Waals surface area contributed by atoms with Gasteiger partial charge < -0.3 is 15.0 Å². The van der Waals surface area contributed by atoms with Crippen LogP contribution in [0.4, 0.5) is 0 Å². The van der Waals surface area contributed by atoms with Gasteiger partial charge in [0, 0.05) is 25.3 Å². The molecule has 0 saturated carbocycles. The normalized spacial score (nSPS) is 21.6. The van der Waals surface area contributed by atoms with Crippen LogP contribution in [0.3, 0.4) is 0 Å². The number of morpholine rings is 1. The molecule has 1 amide bonds. The molecule has 1 aromatic heterocycles. The van der Waals surface area contributed by atoms with Crippen LogP contribution in [0.15, 0.2) is 12.4 Å².